The molecular formula is C52H32N2S2. The second-order valence-corrected chi connectivity index (χ2v) is 16.6. The van der Waals surface area contributed by atoms with Gasteiger partial charge in [0.25, 0.3) is 0 Å². The first-order valence-electron chi connectivity index (χ1n) is 19.0. The van der Waals surface area contributed by atoms with Crippen LogP contribution in [0.3, 0.4) is 0 Å². The zero-order chi connectivity index (χ0) is 36.7. The molecular weight excluding hydrogens is 717 g/mol. The predicted octanol–water partition coefficient (Wildman–Crippen LogP) is 15.8. The number of para-hydroxylation sites is 2. The van der Waals surface area contributed by atoms with Gasteiger partial charge in [-0.2, -0.15) is 0 Å². The minimum absolute atomic E-state index is 1.13. The van der Waals surface area contributed by atoms with Gasteiger partial charge in [0, 0.05) is 53.1 Å². The lowest BCUT2D eigenvalue weighted by atomic mass is 10.0. The summed E-state index contributed by atoms with van der Waals surface area (Å²) in [6, 6.07) is 71.3. The van der Waals surface area contributed by atoms with Crippen molar-refractivity contribution in [1.82, 2.24) is 4.57 Å². The lowest BCUT2D eigenvalue weighted by Crippen LogP contribution is -2.10. The first-order chi connectivity index (χ1) is 27.8. The van der Waals surface area contributed by atoms with Gasteiger partial charge in [0.2, 0.25) is 0 Å². The van der Waals surface area contributed by atoms with Gasteiger partial charge in [-0.3, -0.25) is 0 Å². The standard InChI is InChI=1S/C52H32N2S2/c1-2-14-36(15-3-1)53-44-21-9-6-17-39(44)40-30-27-34(31-46(40)53)33-25-28-37(29-26-33)54(45-22-12-20-42-41-18-7-10-23-48(41)55-51(42)45)47-32-35-13-4-5-16-38(35)50-43-19-8-11-24-49(43)56-52(47)50/h1-32H. The third-order valence-corrected chi connectivity index (χ3v) is 13.8. The van der Waals surface area contributed by atoms with E-state index in [1.807, 2.05) is 22.7 Å². The fourth-order valence-corrected chi connectivity index (χ4v) is 11.3. The van der Waals surface area contributed by atoms with Crippen molar-refractivity contribution in [1.29, 1.82) is 0 Å². The van der Waals surface area contributed by atoms with Crippen LogP contribution in [0.2, 0.25) is 0 Å². The molecule has 0 aliphatic rings. The Morgan fingerprint density at radius 2 is 1.00 bits per heavy atom. The lowest BCUT2D eigenvalue weighted by molar-refractivity contribution is 1.18. The van der Waals surface area contributed by atoms with Crippen molar-refractivity contribution in [3.8, 4) is 16.8 Å². The van der Waals surface area contributed by atoms with Gasteiger partial charge < -0.3 is 9.47 Å². The van der Waals surface area contributed by atoms with Crippen molar-refractivity contribution >= 4 is 113 Å². The molecule has 0 spiro atoms. The van der Waals surface area contributed by atoms with Crippen LogP contribution in [-0.4, -0.2) is 4.57 Å². The number of hydrogen-bond acceptors (Lipinski definition) is 3. The van der Waals surface area contributed by atoms with Gasteiger partial charge in [0.1, 0.15) is 0 Å². The van der Waals surface area contributed by atoms with E-state index in [0.29, 0.717) is 0 Å². The molecule has 2 nitrogen and oxygen atoms in total. The number of fused-ring (bicyclic) bond motifs is 11. The summed E-state index contributed by atoms with van der Waals surface area (Å²) in [6.07, 6.45) is 0. The Kier molecular flexibility index (Phi) is 7.00. The maximum Gasteiger partial charge on any atom is 0.0647 e. The van der Waals surface area contributed by atoms with Crippen LogP contribution in [0.5, 0.6) is 0 Å². The molecule has 262 valence electrons. The maximum atomic E-state index is 2.52. The highest BCUT2D eigenvalue weighted by atomic mass is 32.1. The quantitative estimate of drug-likeness (QED) is 0.170. The van der Waals surface area contributed by atoms with E-state index in [-0.39, 0.29) is 0 Å². The topological polar surface area (TPSA) is 8.17 Å². The van der Waals surface area contributed by atoms with Crippen molar-refractivity contribution in [2.45, 2.75) is 0 Å². The zero-order valence-corrected chi connectivity index (χ0v) is 31.8. The van der Waals surface area contributed by atoms with Gasteiger partial charge >= 0.3 is 0 Å². The number of anilines is 3. The van der Waals surface area contributed by atoms with E-state index >= 15 is 0 Å². The summed E-state index contributed by atoms with van der Waals surface area (Å²) in [5, 5.41) is 10.3. The fourth-order valence-electron chi connectivity index (χ4n) is 8.85. The van der Waals surface area contributed by atoms with Gasteiger partial charge in [0.15, 0.2) is 0 Å². The van der Waals surface area contributed by atoms with Crippen molar-refractivity contribution in [2.24, 2.45) is 0 Å². The summed E-state index contributed by atoms with van der Waals surface area (Å²) >= 11 is 3.77. The highest BCUT2D eigenvalue weighted by Gasteiger charge is 2.23. The number of thiophene rings is 2. The van der Waals surface area contributed by atoms with Gasteiger partial charge in [-0.15, -0.1) is 22.7 Å². The maximum absolute atomic E-state index is 2.52. The Bertz CT molecular complexity index is 3480. The fraction of sp³-hybridized carbons (Fsp3) is 0. The number of rotatable bonds is 5. The SMILES string of the molecule is c1ccc(-n2c3ccccc3c3ccc(-c4ccc(N(c5cccc6c5sc5ccccc56)c5cc6ccccc6c6c5sc5ccccc56)cc4)cc32)cc1. The van der Waals surface area contributed by atoms with Crippen LogP contribution >= 0.6 is 22.7 Å². The number of hydrogen-bond donors (Lipinski definition) is 0. The van der Waals surface area contributed by atoms with Crippen molar-refractivity contribution < 1.29 is 0 Å². The first-order valence-corrected chi connectivity index (χ1v) is 20.6. The van der Waals surface area contributed by atoms with Crippen LogP contribution in [0.25, 0.3) is 89.7 Å². The van der Waals surface area contributed by atoms with Crippen molar-refractivity contribution in [3.05, 3.63) is 194 Å². The molecule has 12 rings (SSSR count). The third-order valence-electron chi connectivity index (χ3n) is 11.4. The van der Waals surface area contributed by atoms with Crippen LogP contribution < -0.4 is 4.90 Å². The molecule has 0 saturated heterocycles. The molecule has 0 N–H and O–H groups in total. The van der Waals surface area contributed by atoms with E-state index in [4.69, 9.17) is 0 Å². The molecule has 3 aromatic heterocycles. The molecule has 0 aliphatic carbocycles. The zero-order valence-electron chi connectivity index (χ0n) is 30.2. The van der Waals surface area contributed by atoms with E-state index in [1.165, 1.54) is 101 Å². The molecule has 4 heteroatoms. The second-order valence-electron chi connectivity index (χ2n) is 14.5. The van der Waals surface area contributed by atoms with Crippen molar-refractivity contribution in [2.75, 3.05) is 4.90 Å². The summed E-state index contributed by atoms with van der Waals surface area (Å²) in [5.41, 5.74) is 9.50. The molecule has 56 heavy (non-hydrogen) atoms. The number of benzene rings is 9. The average molecular weight is 749 g/mol. The molecule has 0 fully saturated rings. The van der Waals surface area contributed by atoms with E-state index in [0.717, 1.165) is 5.69 Å². The molecule has 0 aliphatic heterocycles. The number of aromatic nitrogens is 1. The smallest absolute Gasteiger partial charge is 0.0647 e. The monoisotopic (exact) mass is 748 g/mol. The predicted molar refractivity (Wildman–Crippen MR) is 244 cm³/mol. The summed E-state index contributed by atoms with van der Waals surface area (Å²) in [4.78, 5) is 2.52. The summed E-state index contributed by atoms with van der Waals surface area (Å²) in [5.74, 6) is 0. The number of nitrogens with zero attached hydrogens (tertiary/aromatic N) is 2. The molecule has 0 unspecified atom stereocenters. The van der Waals surface area contributed by atoms with Crippen LogP contribution in [-0.2, 0) is 0 Å². The van der Waals surface area contributed by atoms with Gasteiger partial charge in [0.05, 0.1) is 31.8 Å². The third kappa shape index (κ3) is 4.73. The minimum Gasteiger partial charge on any atom is -0.309 e. The Balaban J connectivity index is 1.08. The molecule has 0 saturated carbocycles. The summed E-state index contributed by atoms with van der Waals surface area (Å²) in [7, 11) is 0. The largest absolute Gasteiger partial charge is 0.309 e. The molecule has 9 aromatic carbocycles. The lowest BCUT2D eigenvalue weighted by Gasteiger charge is -2.27. The van der Waals surface area contributed by atoms with Gasteiger partial charge in [-0.1, -0.05) is 133 Å². The Labute approximate surface area is 331 Å². The molecule has 0 radical (unpaired) electrons. The second kappa shape index (κ2) is 12.4. The van der Waals surface area contributed by atoms with Crippen LogP contribution in [0.15, 0.2) is 194 Å². The molecule has 3 heterocycles. The highest BCUT2D eigenvalue weighted by molar-refractivity contribution is 7.27. The molecule has 0 atom stereocenters. The van der Waals surface area contributed by atoms with E-state index in [9.17, 15) is 0 Å². The Morgan fingerprint density at radius 1 is 0.375 bits per heavy atom. The Morgan fingerprint density at radius 3 is 1.84 bits per heavy atom. The van der Waals surface area contributed by atoms with Gasteiger partial charge in [-0.25, -0.2) is 0 Å². The van der Waals surface area contributed by atoms with Crippen molar-refractivity contribution in [3.63, 3.8) is 0 Å². The van der Waals surface area contributed by atoms with E-state index in [1.54, 1.807) is 0 Å². The average Bonchev–Trinajstić information content (AvgIpc) is 3.95. The first kappa shape index (κ1) is 31.6. The minimum atomic E-state index is 1.13. The van der Waals surface area contributed by atoms with Crippen LogP contribution in [0, 0.1) is 0 Å². The van der Waals surface area contributed by atoms with E-state index in [2.05, 4.69) is 204 Å². The Hall–Kier alpha value is -6.72. The molecule has 0 bridgehead atoms. The van der Waals surface area contributed by atoms with Crippen LogP contribution in [0.4, 0.5) is 17.1 Å². The van der Waals surface area contributed by atoms with Gasteiger partial charge in [-0.05, 0) is 82.6 Å². The molecule has 0 amide bonds. The summed E-state index contributed by atoms with van der Waals surface area (Å²) < 4.78 is 7.59. The summed E-state index contributed by atoms with van der Waals surface area (Å²) in [6.45, 7) is 0. The normalized spacial score (nSPS) is 11.9. The van der Waals surface area contributed by atoms with E-state index < -0.39 is 0 Å². The molecule has 12 aromatic rings. The highest BCUT2D eigenvalue weighted by Crippen LogP contribution is 2.51. The van der Waals surface area contributed by atoms with Crippen LogP contribution in [0.1, 0.15) is 0 Å².